The van der Waals surface area contributed by atoms with Gasteiger partial charge in [-0.15, -0.1) is 0 Å². The molecule has 1 aliphatic heterocycles. The molecule has 4 radical (unpaired) electrons. The van der Waals surface area contributed by atoms with Gasteiger partial charge >= 0.3 is 0 Å². The monoisotopic (exact) mass is 1210 g/mol. The van der Waals surface area contributed by atoms with Crippen molar-refractivity contribution in [2.45, 2.75) is 64.8 Å². The molecule has 0 saturated carbocycles. The third-order valence-corrected chi connectivity index (χ3v) is 4.97. The molecule has 25 heavy (non-hydrogen) atoms. The molecule has 0 aromatic rings. The Kier molecular flexibility index (Phi) is 30.5. The number of hydrogen-bond donors (Lipinski definition) is 5. The molecular weight excluding hydrogens is 1180 g/mol. The Balaban J connectivity index is -0.000000551. The fraction of sp³-hybridized carbons (Fsp3) is 1.00. The Labute approximate surface area is 295 Å². The molecule has 1 aliphatic rings. The molecule has 2 unspecified atom stereocenters. The molecule has 1 heterocycles. The fourth-order valence-corrected chi connectivity index (χ4v) is 2.69. The number of aliphatic hydroxyl groups is 4. The summed E-state index contributed by atoms with van der Waals surface area (Å²) < 4.78 is 5.43. The van der Waals surface area contributed by atoms with Crippen molar-refractivity contribution < 1.29 is 201 Å². The molecule has 1 fully saturated rings. The Morgan fingerprint density at radius 2 is 1.40 bits per heavy atom. The van der Waals surface area contributed by atoms with Gasteiger partial charge in [0.05, 0.1) is 6.61 Å². The van der Waals surface area contributed by atoms with Crippen LogP contribution in [-0.4, -0.2) is 64.2 Å². The molecular formula is C15H31Ac4NO5. The summed E-state index contributed by atoms with van der Waals surface area (Å²) in [6.07, 6.45) is -4.37. The van der Waals surface area contributed by atoms with Crippen LogP contribution in [0, 0.1) is 194 Å². The number of nitrogens with one attached hydrogen (secondary N) is 1. The normalized spacial score (nSPS) is 31.9. The molecule has 10 heteroatoms. The van der Waals surface area contributed by atoms with Crippen LogP contribution in [0.3, 0.4) is 0 Å². The van der Waals surface area contributed by atoms with Crippen molar-refractivity contribution in [2.75, 3.05) is 13.2 Å². The second kappa shape index (κ2) is 20.2. The van der Waals surface area contributed by atoms with Crippen LogP contribution in [-0.2, 0) is 4.74 Å². The summed E-state index contributed by atoms with van der Waals surface area (Å²) in [6.45, 7) is 8.95. The van der Waals surface area contributed by atoms with Gasteiger partial charge in [-0.2, -0.15) is 0 Å². The van der Waals surface area contributed by atoms with Gasteiger partial charge in [0.2, 0.25) is 0 Å². The van der Waals surface area contributed by atoms with Gasteiger partial charge in [0.25, 0.3) is 0 Å². The number of aliphatic hydroxyl groups excluding tert-OH is 4. The van der Waals surface area contributed by atoms with Gasteiger partial charge in [0.15, 0.2) is 0 Å². The summed E-state index contributed by atoms with van der Waals surface area (Å²) in [5.74, 6) is 1.51. The first-order valence-electron chi connectivity index (χ1n) is 7.87. The third-order valence-electron chi connectivity index (χ3n) is 4.97. The largest absolute Gasteiger partial charge is 0.394 e. The van der Waals surface area contributed by atoms with Gasteiger partial charge in [-0.1, -0.05) is 34.1 Å². The van der Waals surface area contributed by atoms with Crippen LogP contribution in [0.5, 0.6) is 0 Å². The summed E-state index contributed by atoms with van der Waals surface area (Å²) in [5, 5.41) is 41.6. The zero-order valence-corrected chi connectivity index (χ0v) is 34.7. The quantitative estimate of drug-likeness (QED) is 0.241. The molecule has 0 amide bonds. The summed E-state index contributed by atoms with van der Waals surface area (Å²) in [4.78, 5) is 0. The standard InChI is InChI=1S/C15H31NO5.4Ac/c1-5-8(2)10(4)9(3)6-16-15-14(20)13(19)12(18)11(7-17)21-15;;;;/h8-20H,5-7H2,1-4H3;;;;/t8-,9+,10-,11?,12+,13+,14?,15-;;;;/m1..../s1. The van der Waals surface area contributed by atoms with Crippen LogP contribution in [0.1, 0.15) is 34.1 Å². The van der Waals surface area contributed by atoms with Crippen LogP contribution in [0.4, 0.5) is 0 Å². The summed E-state index contributed by atoms with van der Waals surface area (Å²) in [6, 6.07) is 0. The van der Waals surface area contributed by atoms with Crippen molar-refractivity contribution in [1.29, 1.82) is 0 Å². The molecule has 0 bridgehead atoms. The Bertz CT molecular complexity index is 318. The minimum atomic E-state index is -1.32. The molecule has 0 aromatic carbocycles. The van der Waals surface area contributed by atoms with Crippen molar-refractivity contribution in [1.82, 2.24) is 5.32 Å². The van der Waals surface area contributed by atoms with Crippen molar-refractivity contribution in [3.8, 4) is 0 Å². The van der Waals surface area contributed by atoms with E-state index in [0.717, 1.165) is 6.42 Å². The maximum absolute atomic E-state index is 9.95. The first kappa shape index (κ1) is 37.8. The molecule has 0 aliphatic carbocycles. The minimum Gasteiger partial charge on any atom is -0.394 e. The van der Waals surface area contributed by atoms with E-state index in [-0.39, 0.29) is 176 Å². The fourth-order valence-electron chi connectivity index (χ4n) is 2.69. The van der Waals surface area contributed by atoms with E-state index in [0.29, 0.717) is 24.3 Å². The van der Waals surface area contributed by atoms with E-state index in [1.807, 2.05) is 0 Å². The predicted octanol–water partition coefficient (Wildman–Crippen LogP) is -0.306. The molecule has 5 N–H and O–H groups in total. The van der Waals surface area contributed by atoms with E-state index >= 15 is 0 Å². The SMILES string of the molecule is CC[C@@H](C)[C@@H](C)[C@@H](C)CN[C@@H]1OC(CO)[C@H](O)[C@H](O)C1O.[Ac].[Ac].[Ac].[Ac]. The van der Waals surface area contributed by atoms with E-state index in [1.165, 1.54) is 0 Å². The van der Waals surface area contributed by atoms with Crippen molar-refractivity contribution >= 4 is 0 Å². The van der Waals surface area contributed by atoms with E-state index in [1.54, 1.807) is 0 Å². The van der Waals surface area contributed by atoms with Crippen molar-refractivity contribution in [2.24, 2.45) is 17.8 Å². The molecule has 0 aromatic heterocycles. The Morgan fingerprint density at radius 3 is 1.84 bits per heavy atom. The second-order valence-corrected chi connectivity index (χ2v) is 6.38. The molecule has 6 nitrogen and oxygen atoms in total. The number of hydrogen-bond acceptors (Lipinski definition) is 6. The van der Waals surface area contributed by atoms with E-state index in [4.69, 9.17) is 9.84 Å². The maximum Gasteiger partial charge on any atom is 0.137 e. The van der Waals surface area contributed by atoms with Crippen molar-refractivity contribution in [3.05, 3.63) is 0 Å². The summed E-state index contributed by atoms with van der Waals surface area (Å²) >= 11 is 0. The van der Waals surface area contributed by atoms with Gasteiger partial charge in [-0.05, 0) is 17.8 Å². The van der Waals surface area contributed by atoms with Gasteiger partial charge < -0.3 is 25.2 Å². The Hall–Kier alpha value is 5.53. The van der Waals surface area contributed by atoms with Gasteiger partial charge in [-0.3, -0.25) is 5.32 Å². The second-order valence-electron chi connectivity index (χ2n) is 6.38. The van der Waals surface area contributed by atoms with Crippen LogP contribution >= 0.6 is 0 Å². The smallest absolute Gasteiger partial charge is 0.137 e. The van der Waals surface area contributed by atoms with Crippen LogP contribution < -0.4 is 5.32 Å². The predicted molar refractivity (Wildman–Crippen MR) is 79.6 cm³/mol. The topological polar surface area (TPSA) is 102 Å². The van der Waals surface area contributed by atoms with E-state index in [2.05, 4.69) is 33.0 Å². The molecule has 1 saturated heterocycles. The zero-order valence-electron chi connectivity index (χ0n) is 15.7. The number of ether oxygens (including phenoxy) is 1. The van der Waals surface area contributed by atoms with E-state index in [9.17, 15) is 15.3 Å². The average molecular weight is 1210 g/mol. The molecule has 8 atom stereocenters. The van der Waals surface area contributed by atoms with Crippen LogP contribution in [0.25, 0.3) is 0 Å². The van der Waals surface area contributed by atoms with E-state index < -0.39 is 37.3 Å². The molecule has 0 spiro atoms. The Morgan fingerprint density at radius 1 is 0.880 bits per heavy atom. The van der Waals surface area contributed by atoms with Crippen LogP contribution in [0.2, 0.25) is 0 Å². The first-order valence-corrected chi connectivity index (χ1v) is 7.87. The third kappa shape index (κ3) is 12.4. The zero-order chi connectivity index (χ0) is 16.2. The van der Waals surface area contributed by atoms with Crippen molar-refractivity contribution in [3.63, 3.8) is 0 Å². The number of rotatable bonds is 7. The summed E-state index contributed by atoms with van der Waals surface area (Å²) in [5.41, 5.74) is 0. The minimum absolute atomic E-state index is 0. The van der Waals surface area contributed by atoms with Gasteiger partial charge in [-0.25, -0.2) is 0 Å². The first-order chi connectivity index (χ1) is 9.83. The van der Waals surface area contributed by atoms with Crippen LogP contribution in [0.15, 0.2) is 0 Å². The van der Waals surface area contributed by atoms with Gasteiger partial charge in [0, 0.05) is 183 Å². The maximum atomic E-state index is 9.95. The van der Waals surface area contributed by atoms with Gasteiger partial charge in [0.1, 0.15) is 30.6 Å². The average Bonchev–Trinajstić information content (AvgIpc) is 2.50. The molecule has 1 rings (SSSR count). The summed E-state index contributed by atoms with van der Waals surface area (Å²) in [7, 11) is 0. The molecule has 138 valence electrons.